The van der Waals surface area contributed by atoms with Gasteiger partial charge in [0.05, 0.1) is 18.4 Å². The monoisotopic (exact) mass is 520 g/mol. The second-order valence-corrected chi connectivity index (χ2v) is 12.2. The number of amides is 2. The third kappa shape index (κ3) is 5.75. The molecule has 2 aliphatic rings. The molecule has 1 aromatic heterocycles. The maximum atomic E-state index is 15.2. The number of rotatable bonds is 9. The molecule has 1 saturated carbocycles. The largest absolute Gasteiger partial charge is 0.493 e. The van der Waals surface area contributed by atoms with E-state index in [0.717, 1.165) is 36.8 Å². The first-order valence-corrected chi connectivity index (χ1v) is 14.3. The van der Waals surface area contributed by atoms with Crippen molar-refractivity contribution in [2.75, 3.05) is 12.9 Å². The Morgan fingerprint density at radius 1 is 1.29 bits per heavy atom. The molecule has 0 bridgehead atoms. The molecule has 2 amide bonds. The number of benzene rings is 1. The SMILES string of the molecule is CCCCOc1ccc(C2(C)CC(c3ccc(C4CC4)s3)=C(C(=O)NS(C)(=O)=O)C(=O)N2)c(F)c1. The van der Waals surface area contributed by atoms with Crippen LogP contribution in [0.1, 0.15) is 67.2 Å². The van der Waals surface area contributed by atoms with E-state index in [2.05, 4.69) is 5.32 Å². The van der Waals surface area contributed by atoms with Gasteiger partial charge in [-0.1, -0.05) is 19.4 Å². The number of sulfonamides is 1. The first-order valence-electron chi connectivity index (χ1n) is 11.6. The lowest BCUT2D eigenvalue weighted by Crippen LogP contribution is -2.51. The lowest BCUT2D eigenvalue weighted by atomic mass is 9.79. The van der Waals surface area contributed by atoms with E-state index in [0.29, 0.717) is 28.7 Å². The number of thiophene rings is 1. The van der Waals surface area contributed by atoms with E-state index < -0.39 is 33.2 Å². The average Bonchev–Trinajstić information content (AvgIpc) is 3.48. The zero-order chi connectivity index (χ0) is 25.4. The average molecular weight is 521 g/mol. The minimum absolute atomic E-state index is 0.114. The number of carbonyl (C=O) groups is 2. The van der Waals surface area contributed by atoms with E-state index in [-0.39, 0.29) is 17.6 Å². The first-order chi connectivity index (χ1) is 16.5. The number of nitrogens with one attached hydrogen (secondary N) is 2. The molecular weight excluding hydrogens is 491 g/mol. The van der Waals surface area contributed by atoms with Crippen molar-refractivity contribution >= 4 is 38.7 Å². The highest BCUT2D eigenvalue weighted by molar-refractivity contribution is 7.89. The van der Waals surface area contributed by atoms with Crippen molar-refractivity contribution in [3.8, 4) is 5.75 Å². The highest BCUT2D eigenvalue weighted by atomic mass is 32.2. The molecule has 1 fully saturated rings. The van der Waals surface area contributed by atoms with Crippen molar-refractivity contribution in [2.24, 2.45) is 0 Å². The predicted molar refractivity (Wildman–Crippen MR) is 133 cm³/mol. The first kappa shape index (κ1) is 25.4. The molecular formula is C25H29FN2O5S2. The van der Waals surface area contributed by atoms with Gasteiger partial charge in [-0.25, -0.2) is 17.5 Å². The number of carbonyl (C=O) groups excluding carboxylic acids is 2. The summed E-state index contributed by atoms with van der Waals surface area (Å²) in [6.45, 7) is 4.22. The van der Waals surface area contributed by atoms with Crippen LogP contribution >= 0.6 is 11.3 Å². The third-order valence-corrected chi connectivity index (χ3v) is 8.02. The van der Waals surface area contributed by atoms with Crippen LogP contribution < -0.4 is 14.8 Å². The fourth-order valence-corrected chi connectivity index (χ4v) is 5.90. The van der Waals surface area contributed by atoms with Crippen molar-refractivity contribution in [3.63, 3.8) is 0 Å². The molecule has 10 heteroatoms. The van der Waals surface area contributed by atoms with Crippen molar-refractivity contribution in [1.29, 1.82) is 0 Å². The summed E-state index contributed by atoms with van der Waals surface area (Å²) in [6.07, 6.45) is 4.97. The molecule has 7 nitrogen and oxygen atoms in total. The highest BCUT2D eigenvalue weighted by Gasteiger charge is 2.42. The molecule has 0 radical (unpaired) electrons. The minimum atomic E-state index is -3.89. The summed E-state index contributed by atoms with van der Waals surface area (Å²) in [7, 11) is -3.89. The van der Waals surface area contributed by atoms with Crippen LogP contribution in [0, 0.1) is 5.82 Å². The molecule has 188 valence electrons. The molecule has 1 atom stereocenters. The Morgan fingerprint density at radius 3 is 2.66 bits per heavy atom. The van der Waals surface area contributed by atoms with E-state index in [1.807, 2.05) is 23.8 Å². The number of hydrogen-bond acceptors (Lipinski definition) is 6. The van der Waals surface area contributed by atoms with Crippen LogP contribution in [0.25, 0.3) is 5.57 Å². The molecule has 1 aliphatic carbocycles. The molecule has 2 aromatic rings. The van der Waals surface area contributed by atoms with Gasteiger partial charge < -0.3 is 10.1 Å². The van der Waals surface area contributed by atoms with Gasteiger partial charge >= 0.3 is 0 Å². The quantitative estimate of drug-likeness (QED) is 0.381. The Balaban J connectivity index is 1.73. The van der Waals surface area contributed by atoms with Crippen LogP contribution in [-0.4, -0.2) is 33.1 Å². The maximum absolute atomic E-state index is 15.2. The van der Waals surface area contributed by atoms with Gasteiger partial charge in [-0.05, 0) is 55.9 Å². The molecule has 4 rings (SSSR count). The molecule has 2 heterocycles. The van der Waals surface area contributed by atoms with Crippen molar-refractivity contribution in [2.45, 2.75) is 57.4 Å². The Morgan fingerprint density at radius 2 is 2.03 bits per heavy atom. The summed E-state index contributed by atoms with van der Waals surface area (Å²) in [4.78, 5) is 27.9. The summed E-state index contributed by atoms with van der Waals surface area (Å²) in [5, 5.41) is 2.75. The van der Waals surface area contributed by atoms with E-state index in [9.17, 15) is 18.0 Å². The smallest absolute Gasteiger partial charge is 0.270 e. The van der Waals surface area contributed by atoms with Crippen molar-refractivity contribution in [1.82, 2.24) is 10.0 Å². The second kappa shape index (κ2) is 9.73. The van der Waals surface area contributed by atoms with Crippen molar-refractivity contribution in [3.05, 3.63) is 57.0 Å². The summed E-state index contributed by atoms with van der Waals surface area (Å²) >= 11 is 1.48. The fourth-order valence-electron chi connectivity index (χ4n) is 4.24. The van der Waals surface area contributed by atoms with Crippen LogP contribution in [0.5, 0.6) is 5.75 Å². The summed E-state index contributed by atoms with van der Waals surface area (Å²) in [5.74, 6) is -1.40. The number of ether oxygens (including phenoxy) is 1. The van der Waals surface area contributed by atoms with Gasteiger partial charge in [0.15, 0.2) is 0 Å². The summed E-state index contributed by atoms with van der Waals surface area (Å²) < 4.78 is 46.2. The van der Waals surface area contributed by atoms with E-state index in [1.54, 1.807) is 19.1 Å². The van der Waals surface area contributed by atoms with Crippen LogP contribution in [0.3, 0.4) is 0 Å². The molecule has 1 aromatic carbocycles. The van der Waals surface area contributed by atoms with Gasteiger partial charge in [0.25, 0.3) is 11.8 Å². The molecule has 35 heavy (non-hydrogen) atoms. The minimum Gasteiger partial charge on any atom is -0.493 e. The van der Waals surface area contributed by atoms with E-state index in [4.69, 9.17) is 4.74 Å². The van der Waals surface area contributed by atoms with Crippen LogP contribution in [0.15, 0.2) is 35.9 Å². The summed E-state index contributed by atoms with van der Waals surface area (Å²) in [5.41, 5.74) is -0.765. The van der Waals surface area contributed by atoms with Gasteiger partial charge in [-0.3, -0.25) is 9.59 Å². The second-order valence-electron chi connectivity index (χ2n) is 9.34. The van der Waals surface area contributed by atoms with Gasteiger partial charge in [0.1, 0.15) is 17.1 Å². The summed E-state index contributed by atoms with van der Waals surface area (Å²) in [6, 6.07) is 8.37. The van der Waals surface area contributed by atoms with Gasteiger partial charge in [0.2, 0.25) is 10.0 Å². The van der Waals surface area contributed by atoms with E-state index in [1.165, 1.54) is 17.4 Å². The molecule has 0 spiro atoms. The highest BCUT2D eigenvalue weighted by Crippen LogP contribution is 2.47. The molecule has 1 aliphatic heterocycles. The Labute approximate surface area is 208 Å². The number of hydrogen-bond donors (Lipinski definition) is 2. The molecule has 2 N–H and O–H groups in total. The standard InChI is InChI=1S/C25H29FN2O5S2/c1-4-5-12-33-16-8-9-18(19(26)13-16)25(2)14-17(21-11-10-20(34-21)15-6-7-15)22(23(29)27-25)24(30)28-35(3,31)32/h8-11,13,15H,4-7,12,14H2,1-3H3,(H,27,29)(H,28,30). The van der Waals surface area contributed by atoms with Crippen LogP contribution in [-0.2, 0) is 25.2 Å². The topological polar surface area (TPSA) is 102 Å². The predicted octanol–water partition coefficient (Wildman–Crippen LogP) is 4.21. The Kier molecular flexibility index (Phi) is 7.06. The fraction of sp³-hybridized carbons (Fsp3) is 0.440. The normalized spacial score (nSPS) is 20.5. The Bertz CT molecular complexity index is 1300. The van der Waals surface area contributed by atoms with Gasteiger partial charge in [-0.15, -0.1) is 11.3 Å². The number of halogens is 1. The molecule has 0 saturated heterocycles. The zero-order valence-corrected chi connectivity index (χ0v) is 21.6. The maximum Gasteiger partial charge on any atom is 0.270 e. The van der Waals surface area contributed by atoms with Gasteiger partial charge in [-0.2, -0.15) is 0 Å². The number of unbranched alkanes of at least 4 members (excludes halogenated alkanes) is 1. The van der Waals surface area contributed by atoms with Crippen molar-refractivity contribution < 1.29 is 27.1 Å². The lowest BCUT2D eigenvalue weighted by Gasteiger charge is -2.37. The molecule has 1 unspecified atom stereocenters. The van der Waals surface area contributed by atoms with E-state index >= 15 is 4.39 Å². The zero-order valence-electron chi connectivity index (χ0n) is 19.9. The lowest BCUT2D eigenvalue weighted by molar-refractivity contribution is -0.124. The van der Waals surface area contributed by atoms with Crippen LogP contribution in [0.2, 0.25) is 0 Å². The third-order valence-electron chi connectivity index (χ3n) is 6.16. The van der Waals surface area contributed by atoms with Crippen LogP contribution in [0.4, 0.5) is 4.39 Å². The van der Waals surface area contributed by atoms with Gasteiger partial charge in [0, 0.05) is 27.8 Å². The Hall–Kier alpha value is -2.72.